The van der Waals surface area contributed by atoms with Gasteiger partial charge in [-0.1, -0.05) is 12.1 Å². The third-order valence-corrected chi connectivity index (χ3v) is 8.65. The maximum Gasteiger partial charge on any atom is 0.243 e. The number of amides is 2. The molecular weight excluding hydrogens is 466 g/mol. The molecule has 4 fully saturated rings. The smallest absolute Gasteiger partial charge is 0.243 e. The zero-order chi connectivity index (χ0) is 25.8. The summed E-state index contributed by atoms with van der Waals surface area (Å²) in [5.41, 5.74) is 7.87. The normalized spacial score (nSPS) is 30.2. The fraction of sp³-hybridized carbons (Fsp3) is 0.690. The second kappa shape index (κ2) is 11.9. The molecule has 2 unspecified atom stereocenters. The van der Waals surface area contributed by atoms with Gasteiger partial charge in [-0.3, -0.25) is 14.5 Å². The first kappa shape index (κ1) is 26.1. The SMILES string of the molecule is N#Cc1ccc(CN(CC2CCCO2)C2CCN(C(=O)C3CC3)[C@@H](C(=O)NC3CCC(N)CC3)C2)cc1. The van der Waals surface area contributed by atoms with Gasteiger partial charge in [0.1, 0.15) is 6.04 Å². The van der Waals surface area contributed by atoms with E-state index in [0.717, 1.165) is 83.0 Å². The van der Waals surface area contributed by atoms with E-state index in [1.807, 2.05) is 29.2 Å². The minimum atomic E-state index is -0.435. The molecule has 200 valence electrons. The second-order valence-corrected chi connectivity index (χ2v) is 11.5. The summed E-state index contributed by atoms with van der Waals surface area (Å²) in [6, 6.07) is 10.1. The van der Waals surface area contributed by atoms with Gasteiger partial charge in [-0.25, -0.2) is 0 Å². The highest BCUT2D eigenvalue weighted by Crippen LogP contribution is 2.35. The molecule has 8 nitrogen and oxygen atoms in total. The highest BCUT2D eigenvalue weighted by molar-refractivity contribution is 5.89. The first-order chi connectivity index (χ1) is 18.0. The monoisotopic (exact) mass is 507 g/mol. The number of likely N-dealkylation sites (tertiary alicyclic amines) is 1. The van der Waals surface area contributed by atoms with Crippen LogP contribution in [-0.2, 0) is 20.9 Å². The Kier molecular flexibility index (Phi) is 8.43. The molecule has 0 aromatic heterocycles. The quantitative estimate of drug-likeness (QED) is 0.560. The van der Waals surface area contributed by atoms with Crippen molar-refractivity contribution < 1.29 is 14.3 Å². The van der Waals surface area contributed by atoms with Crippen LogP contribution in [0, 0.1) is 17.2 Å². The van der Waals surface area contributed by atoms with Crippen LogP contribution in [0.25, 0.3) is 0 Å². The number of hydrogen-bond acceptors (Lipinski definition) is 6. The lowest BCUT2D eigenvalue weighted by molar-refractivity contribution is -0.145. The summed E-state index contributed by atoms with van der Waals surface area (Å²) in [6.45, 7) is 2.97. The van der Waals surface area contributed by atoms with Crippen molar-refractivity contribution in [1.29, 1.82) is 5.26 Å². The fourth-order valence-corrected chi connectivity index (χ4v) is 6.23. The Labute approximate surface area is 220 Å². The van der Waals surface area contributed by atoms with E-state index in [4.69, 9.17) is 10.5 Å². The zero-order valence-electron chi connectivity index (χ0n) is 21.8. The molecule has 5 rings (SSSR count). The third kappa shape index (κ3) is 6.70. The topological polar surface area (TPSA) is 112 Å². The van der Waals surface area contributed by atoms with Gasteiger partial charge in [-0.15, -0.1) is 0 Å². The van der Waals surface area contributed by atoms with Gasteiger partial charge in [0.2, 0.25) is 11.8 Å². The summed E-state index contributed by atoms with van der Waals surface area (Å²) in [7, 11) is 0. The van der Waals surface area contributed by atoms with Crippen LogP contribution in [0.15, 0.2) is 24.3 Å². The van der Waals surface area contributed by atoms with Gasteiger partial charge in [0.15, 0.2) is 0 Å². The van der Waals surface area contributed by atoms with Crippen molar-refractivity contribution in [3.63, 3.8) is 0 Å². The number of carbonyl (C=O) groups excluding carboxylic acids is 2. The molecule has 0 bridgehead atoms. The Hall–Kier alpha value is -2.47. The van der Waals surface area contributed by atoms with E-state index < -0.39 is 6.04 Å². The van der Waals surface area contributed by atoms with Crippen LogP contribution in [0.1, 0.15) is 75.3 Å². The lowest BCUT2D eigenvalue weighted by Crippen LogP contribution is -2.59. The molecule has 2 aliphatic carbocycles. The average Bonchev–Trinajstić information content (AvgIpc) is 3.65. The summed E-state index contributed by atoms with van der Waals surface area (Å²) in [6.07, 6.45) is 9.38. The number of carbonyl (C=O) groups is 2. The minimum Gasteiger partial charge on any atom is -0.377 e. The molecule has 1 aromatic rings. The average molecular weight is 508 g/mol. The fourth-order valence-electron chi connectivity index (χ4n) is 6.23. The van der Waals surface area contributed by atoms with Crippen molar-refractivity contribution in [2.75, 3.05) is 19.7 Å². The van der Waals surface area contributed by atoms with E-state index in [9.17, 15) is 14.9 Å². The van der Waals surface area contributed by atoms with Gasteiger partial charge >= 0.3 is 0 Å². The zero-order valence-corrected chi connectivity index (χ0v) is 21.8. The van der Waals surface area contributed by atoms with E-state index in [0.29, 0.717) is 18.5 Å². The van der Waals surface area contributed by atoms with Crippen molar-refractivity contribution >= 4 is 11.8 Å². The van der Waals surface area contributed by atoms with Crippen molar-refractivity contribution in [2.45, 2.75) is 101 Å². The lowest BCUT2D eigenvalue weighted by atomic mass is 9.90. The van der Waals surface area contributed by atoms with E-state index in [1.165, 1.54) is 0 Å². The first-order valence-electron chi connectivity index (χ1n) is 14.2. The van der Waals surface area contributed by atoms with Gasteiger partial charge < -0.3 is 20.7 Å². The molecule has 3 N–H and O–H groups in total. The standard InChI is InChI=1S/C29H41N5O3/c30-17-20-3-5-21(6-4-20)18-33(19-26-2-1-15-37-26)25-13-14-34(29(36)22-7-8-22)27(16-25)28(35)32-24-11-9-23(31)10-12-24/h3-6,22-27H,1-2,7-16,18-19,31H2,(H,32,35)/t23?,24?,25?,26?,27-/m1/s1. The number of ether oxygens (including phenoxy) is 1. The predicted octanol–water partition coefficient (Wildman–Crippen LogP) is 2.69. The number of hydrogen-bond donors (Lipinski definition) is 2. The molecule has 2 saturated heterocycles. The summed E-state index contributed by atoms with van der Waals surface area (Å²) in [5, 5.41) is 12.5. The maximum atomic E-state index is 13.6. The van der Waals surface area contributed by atoms with E-state index in [2.05, 4.69) is 16.3 Å². The van der Waals surface area contributed by atoms with Crippen LogP contribution < -0.4 is 11.1 Å². The molecule has 2 heterocycles. The summed E-state index contributed by atoms with van der Waals surface area (Å²) in [4.78, 5) is 31.2. The summed E-state index contributed by atoms with van der Waals surface area (Å²) in [5.74, 6) is 0.248. The number of piperidine rings is 1. The van der Waals surface area contributed by atoms with Gasteiger partial charge in [-0.2, -0.15) is 5.26 Å². The van der Waals surface area contributed by atoms with E-state index >= 15 is 0 Å². The van der Waals surface area contributed by atoms with E-state index in [-0.39, 0.29) is 42.0 Å². The van der Waals surface area contributed by atoms with Crippen LogP contribution in [0.2, 0.25) is 0 Å². The Morgan fingerprint density at radius 2 is 1.84 bits per heavy atom. The molecule has 2 aliphatic heterocycles. The molecule has 37 heavy (non-hydrogen) atoms. The Morgan fingerprint density at radius 3 is 2.49 bits per heavy atom. The van der Waals surface area contributed by atoms with Crippen molar-refractivity contribution in [3.05, 3.63) is 35.4 Å². The number of nitriles is 1. The second-order valence-electron chi connectivity index (χ2n) is 11.5. The number of rotatable bonds is 8. The molecule has 3 atom stereocenters. The van der Waals surface area contributed by atoms with Crippen molar-refractivity contribution in [3.8, 4) is 6.07 Å². The number of nitrogens with zero attached hydrogens (tertiary/aromatic N) is 3. The molecule has 0 radical (unpaired) electrons. The Bertz CT molecular complexity index is 974. The van der Waals surface area contributed by atoms with Crippen LogP contribution in [0.3, 0.4) is 0 Å². The van der Waals surface area contributed by atoms with Crippen molar-refractivity contribution in [2.24, 2.45) is 11.7 Å². The highest BCUT2D eigenvalue weighted by Gasteiger charge is 2.43. The first-order valence-corrected chi connectivity index (χ1v) is 14.2. The largest absolute Gasteiger partial charge is 0.377 e. The molecular formula is C29H41N5O3. The minimum absolute atomic E-state index is 0.00499. The van der Waals surface area contributed by atoms with Gasteiger partial charge in [-0.05, 0) is 81.9 Å². The molecule has 4 aliphatic rings. The molecule has 0 spiro atoms. The van der Waals surface area contributed by atoms with Crippen LogP contribution >= 0.6 is 0 Å². The molecule has 2 amide bonds. The summed E-state index contributed by atoms with van der Waals surface area (Å²) < 4.78 is 5.99. The molecule has 2 saturated carbocycles. The Balaban J connectivity index is 1.31. The number of nitrogens with two attached hydrogens (primary N) is 1. The van der Waals surface area contributed by atoms with Crippen LogP contribution in [0.5, 0.6) is 0 Å². The van der Waals surface area contributed by atoms with Crippen molar-refractivity contribution in [1.82, 2.24) is 15.1 Å². The van der Waals surface area contributed by atoms with Gasteiger partial charge in [0.25, 0.3) is 0 Å². The maximum absolute atomic E-state index is 13.6. The van der Waals surface area contributed by atoms with Gasteiger partial charge in [0, 0.05) is 50.3 Å². The van der Waals surface area contributed by atoms with Crippen LogP contribution in [-0.4, -0.2) is 71.6 Å². The third-order valence-electron chi connectivity index (χ3n) is 8.65. The van der Waals surface area contributed by atoms with E-state index in [1.54, 1.807) is 0 Å². The highest BCUT2D eigenvalue weighted by atomic mass is 16.5. The van der Waals surface area contributed by atoms with Crippen LogP contribution in [0.4, 0.5) is 0 Å². The number of benzene rings is 1. The molecule has 1 aromatic carbocycles. The summed E-state index contributed by atoms with van der Waals surface area (Å²) >= 11 is 0. The number of nitrogens with one attached hydrogen (secondary N) is 1. The van der Waals surface area contributed by atoms with Gasteiger partial charge in [0.05, 0.1) is 17.7 Å². The predicted molar refractivity (Wildman–Crippen MR) is 140 cm³/mol. The Morgan fingerprint density at radius 1 is 1.08 bits per heavy atom. The lowest BCUT2D eigenvalue weighted by Gasteiger charge is -2.44. The molecule has 8 heteroatoms.